The molecule has 1 aliphatic carbocycles. The third-order valence-corrected chi connectivity index (χ3v) is 6.76. The molecule has 1 aliphatic heterocycles. The van der Waals surface area contributed by atoms with Crippen molar-refractivity contribution in [1.82, 2.24) is 4.90 Å². The molecular formula is C25H31N3O4. The van der Waals surface area contributed by atoms with E-state index in [9.17, 15) is 9.59 Å². The number of benzene rings is 2. The molecule has 7 nitrogen and oxygen atoms in total. The Labute approximate surface area is 188 Å². The topological polar surface area (TPSA) is 93.9 Å². The van der Waals surface area contributed by atoms with Crippen LogP contribution >= 0.6 is 0 Å². The van der Waals surface area contributed by atoms with E-state index in [1.807, 2.05) is 18.2 Å². The van der Waals surface area contributed by atoms with Gasteiger partial charge in [0.05, 0.1) is 6.54 Å². The molecule has 0 saturated heterocycles. The second kappa shape index (κ2) is 9.61. The standard InChI is InChI=1S/C25H31N3O4/c1-16-4-3-5-21(17(16)2)28(13-18-6-11-22-23(12-18)32-15-31-22)14-24(29)27-20-9-7-19(8-10-20)25(26)30/h6-12,16-17,21H,3-5,13-15H2,1-2H3,(H2,26,30)(H,27,29)/t16-,17-,21-/m1/s1. The van der Waals surface area contributed by atoms with Gasteiger partial charge < -0.3 is 20.5 Å². The van der Waals surface area contributed by atoms with Crippen LogP contribution in [0.5, 0.6) is 11.5 Å². The van der Waals surface area contributed by atoms with Gasteiger partial charge in [-0.05, 0) is 60.2 Å². The fraction of sp³-hybridized carbons (Fsp3) is 0.440. The van der Waals surface area contributed by atoms with Gasteiger partial charge in [-0.15, -0.1) is 0 Å². The normalized spacial score (nSPS) is 22.0. The van der Waals surface area contributed by atoms with Crippen LogP contribution in [-0.2, 0) is 11.3 Å². The fourth-order valence-electron chi connectivity index (χ4n) is 4.74. The summed E-state index contributed by atoms with van der Waals surface area (Å²) in [5, 5.41) is 2.95. The lowest BCUT2D eigenvalue weighted by atomic mass is 9.77. The molecule has 2 aromatic rings. The zero-order valence-corrected chi connectivity index (χ0v) is 18.7. The van der Waals surface area contributed by atoms with Gasteiger partial charge in [-0.2, -0.15) is 0 Å². The molecule has 2 aliphatic rings. The minimum atomic E-state index is -0.488. The molecule has 2 amide bonds. The quantitative estimate of drug-likeness (QED) is 0.688. The Bertz CT molecular complexity index is 976. The SMILES string of the molecule is C[C@@H]1[C@H](C)CCC[C@H]1N(CC(=O)Nc1ccc(C(N)=O)cc1)Cc1ccc2c(c1)OCO2. The molecule has 7 heteroatoms. The minimum absolute atomic E-state index is 0.0806. The molecule has 0 aromatic heterocycles. The van der Waals surface area contributed by atoms with E-state index < -0.39 is 5.91 Å². The maximum absolute atomic E-state index is 13.0. The Morgan fingerprint density at radius 1 is 1.06 bits per heavy atom. The zero-order chi connectivity index (χ0) is 22.7. The molecule has 170 valence electrons. The maximum atomic E-state index is 13.0. The van der Waals surface area contributed by atoms with Crippen LogP contribution in [0.15, 0.2) is 42.5 Å². The zero-order valence-electron chi connectivity index (χ0n) is 18.7. The maximum Gasteiger partial charge on any atom is 0.248 e. The van der Waals surface area contributed by atoms with E-state index >= 15 is 0 Å². The first-order valence-corrected chi connectivity index (χ1v) is 11.2. The van der Waals surface area contributed by atoms with Gasteiger partial charge in [-0.25, -0.2) is 0 Å². The van der Waals surface area contributed by atoms with E-state index in [1.54, 1.807) is 24.3 Å². The van der Waals surface area contributed by atoms with Crippen molar-refractivity contribution >= 4 is 17.5 Å². The van der Waals surface area contributed by atoms with E-state index in [-0.39, 0.29) is 19.2 Å². The molecule has 4 rings (SSSR count). The smallest absolute Gasteiger partial charge is 0.248 e. The number of ether oxygens (including phenoxy) is 2. The number of fused-ring (bicyclic) bond motifs is 1. The molecule has 1 heterocycles. The number of primary amides is 1. The Hall–Kier alpha value is -3.06. The number of hydrogen-bond acceptors (Lipinski definition) is 5. The van der Waals surface area contributed by atoms with Crippen molar-refractivity contribution < 1.29 is 19.1 Å². The van der Waals surface area contributed by atoms with Crippen LogP contribution in [-0.4, -0.2) is 36.1 Å². The summed E-state index contributed by atoms with van der Waals surface area (Å²) in [6, 6.07) is 12.9. The Morgan fingerprint density at radius 3 is 2.56 bits per heavy atom. The van der Waals surface area contributed by atoms with Gasteiger partial charge in [0.25, 0.3) is 0 Å². The van der Waals surface area contributed by atoms with E-state index in [0.717, 1.165) is 23.5 Å². The molecule has 0 bridgehead atoms. The van der Waals surface area contributed by atoms with Crippen LogP contribution in [0.4, 0.5) is 5.69 Å². The fourth-order valence-corrected chi connectivity index (χ4v) is 4.74. The third-order valence-electron chi connectivity index (χ3n) is 6.76. The molecule has 3 atom stereocenters. The summed E-state index contributed by atoms with van der Waals surface area (Å²) >= 11 is 0. The first-order valence-electron chi connectivity index (χ1n) is 11.2. The average molecular weight is 438 g/mol. The minimum Gasteiger partial charge on any atom is -0.454 e. The van der Waals surface area contributed by atoms with Gasteiger partial charge in [0.15, 0.2) is 11.5 Å². The highest BCUT2D eigenvalue weighted by Crippen LogP contribution is 2.36. The Kier molecular flexibility index (Phi) is 6.65. The summed E-state index contributed by atoms with van der Waals surface area (Å²) in [5.74, 6) is 2.07. The Balaban J connectivity index is 1.49. The lowest BCUT2D eigenvalue weighted by molar-refractivity contribution is -0.118. The number of carbonyl (C=O) groups excluding carboxylic acids is 2. The second-order valence-corrected chi connectivity index (χ2v) is 8.92. The van der Waals surface area contributed by atoms with E-state index in [0.29, 0.717) is 35.7 Å². The molecule has 0 radical (unpaired) electrons. The third kappa shape index (κ3) is 5.05. The van der Waals surface area contributed by atoms with Crippen molar-refractivity contribution in [2.75, 3.05) is 18.7 Å². The van der Waals surface area contributed by atoms with Crippen molar-refractivity contribution in [2.24, 2.45) is 17.6 Å². The van der Waals surface area contributed by atoms with Crippen LogP contribution in [0.1, 0.15) is 49.0 Å². The van der Waals surface area contributed by atoms with Crippen molar-refractivity contribution in [3.8, 4) is 11.5 Å². The molecule has 2 aromatic carbocycles. The van der Waals surface area contributed by atoms with Gasteiger partial charge in [0.2, 0.25) is 18.6 Å². The molecule has 1 fully saturated rings. The number of nitrogens with two attached hydrogens (primary N) is 1. The monoisotopic (exact) mass is 437 g/mol. The number of nitrogens with zero attached hydrogens (tertiary/aromatic N) is 1. The highest BCUT2D eigenvalue weighted by molar-refractivity contribution is 5.95. The molecular weight excluding hydrogens is 406 g/mol. The number of carbonyl (C=O) groups is 2. The van der Waals surface area contributed by atoms with Crippen LogP contribution in [0.3, 0.4) is 0 Å². The summed E-state index contributed by atoms with van der Waals surface area (Å²) in [7, 11) is 0. The van der Waals surface area contributed by atoms with Crippen LogP contribution in [0, 0.1) is 11.8 Å². The molecule has 0 unspecified atom stereocenters. The summed E-state index contributed by atoms with van der Waals surface area (Å²) in [6.07, 6.45) is 3.48. The largest absolute Gasteiger partial charge is 0.454 e. The summed E-state index contributed by atoms with van der Waals surface area (Å²) in [4.78, 5) is 26.5. The van der Waals surface area contributed by atoms with Gasteiger partial charge in [-0.1, -0.05) is 32.8 Å². The average Bonchev–Trinajstić information content (AvgIpc) is 3.23. The summed E-state index contributed by atoms with van der Waals surface area (Å²) in [5.41, 5.74) is 7.45. The molecule has 3 N–H and O–H groups in total. The number of anilines is 1. The van der Waals surface area contributed by atoms with E-state index in [2.05, 4.69) is 24.1 Å². The first kappa shape index (κ1) is 22.1. The summed E-state index contributed by atoms with van der Waals surface area (Å²) in [6.45, 7) is 5.79. The van der Waals surface area contributed by atoms with Crippen LogP contribution in [0.2, 0.25) is 0 Å². The number of nitrogens with one attached hydrogen (secondary N) is 1. The highest BCUT2D eigenvalue weighted by Gasteiger charge is 2.32. The Morgan fingerprint density at radius 2 is 1.81 bits per heavy atom. The van der Waals surface area contributed by atoms with Gasteiger partial charge in [-0.3, -0.25) is 14.5 Å². The van der Waals surface area contributed by atoms with Crippen LogP contribution < -0.4 is 20.5 Å². The van der Waals surface area contributed by atoms with Crippen LogP contribution in [0.25, 0.3) is 0 Å². The molecule has 32 heavy (non-hydrogen) atoms. The molecule has 1 saturated carbocycles. The van der Waals surface area contributed by atoms with Crippen molar-refractivity contribution in [3.63, 3.8) is 0 Å². The predicted octanol–water partition coefficient (Wildman–Crippen LogP) is 3.78. The highest BCUT2D eigenvalue weighted by atomic mass is 16.7. The molecule has 0 spiro atoms. The lowest BCUT2D eigenvalue weighted by Crippen LogP contribution is -2.46. The predicted molar refractivity (Wildman–Crippen MR) is 123 cm³/mol. The first-order chi connectivity index (χ1) is 15.4. The van der Waals surface area contributed by atoms with E-state index in [1.165, 1.54) is 12.8 Å². The van der Waals surface area contributed by atoms with Gasteiger partial charge >= 0.3 is 0 Å². The van der Waals surface area contributed by atoms with Crippen molar-refractivity contribution in [3.05, 3.63) is 53.6 Å². The van der Waals surface area contributed by atoms with E-state index in [4.69, 9.17) is 15.2 Å². The number of rotatable bonds is 7. The summed E-state index contributed by atoms with van der Waals surface area (Å²) < 4.78 is 11.0. The van der Waals surface area contributed by atoms with Crippen molar-refractivity contribution in [1.29, 1.82) is 0 Å². The van der Waals surface area contributed by atoms with Crippen molar-refractivity contribution in [2.45, 2.75) is 45.7 Å². The second-order valence-electron chi connectivity index (χ2n) is 8.92. The number of hydrogen-bond donors (Lipinski definition) is 2. The lowest BCUT2D eigenvalue weighted by Gasteiger charge is -2.41. The van der Waals surface area contributed by atoms with Gasteiger partial charge in [0.1, 0.15) is 0 Å². The number of amides is 2. The van der Waals surface area contributed by atoms with Gasteiger partial charge in [0, 0.05) is 23.8 Å².